The molecule has 9 heteroatoms. The van der Waals surface area contributed by atoms with Crippen LogP contribution in [-0.4, -0.2) is 33.0 Å². The summed E-state index contributed by atoms with van der Waals surface area (Å²) >= 11 is 2.85. The molecule has 0 aliphatic carbocycles. The second-order valence-corrected chi connectivity index (χ2v) is 7.45. The fraction of sp³-hybridized carbons (Fsp3) is 0.222. The minimum absolute atomic E-state index is 0.138. The number of thiophene rings is 1. The van der Waals surface area contributed by atoms with E-state index in [1.165, 1.54) is 40.9 Å². The van der Waals surface area contributed by atoms with E-state index in [4.69, 9.17) is 5.26 Å². The van der Waals surface area contributed by atoms with Crippen molar-refractivity contribution >= 4 is 34.7 Å². The Bertz CT molecular complexity index is 947. The summed E-state index contributed by atoms with van der Waals surface area (Å²) in [4.78, 5) is 15.2. The molecule has 2 heterocycles. The summed E-state index contributed by atoms with van der Waals surface area (Å²) in [5, 5.41) is 19.8. The smallest absolute Gasteiger partial charge is 0.237 e. The topological polar surface area (TPSA) is 74.8 Å². The van der Waals surface area contributed by atoms with Crippen molar-refractivity contribution in [3.8, 4) is 16.8 Å². The Morgan fingerprint density at radius 3 is 2.78 bits per heavy atom. The maximum Gasteiger partial charge on any atom is 0.237 e. The van der Waals surface area contributed by atoms with E-state index in [9.17, 15) is 9.18 Å². The molecular weight excluding hydrogens is 385 g/mol. The van der Waals surface area contributed by atoms with Gasteiger partial charge in [-0.2, -0.15) is 5.26 Å². The lowest BCUT2D eigenvalue weighted by molar-refractivity contribution is -0.116. The Kier molecular flexibility index (Phi) is 6.21. The highest BCUT2D eigenvalue weighted by atomic mass is 32.2. The van der Waals surface area contributed by atoms with Crippen LogP contribution in [0.4, 0.5) is 10.1 Å². The number of rotatable bonds is 7. The third-order valence-electron chi connectivity index (χ3n) is 3.79. The first kappa shape index (κ1) is 19.1. The molecule has 2 aromatic heterocycles. The van der Waals surface area contributed by atoms with Gasteiger partial charge in [0.15, 0.2) is 11.0 Å². The predicted molar refractivity (Wildman–Crippen MR) is 104 cm³/mol. The van der Waals surface area contributed by atoms with Gasteiger partial charge >= 0.3 is 0 Å². The number of hydrogen-bond acceptors (Lipinski definition) is 6. The molecule has 0 saturated heterocycles. The number of hydrogen-bond donors (Lipinski definition) is 0. The molecule has 3 aromatic rings. The molecule has 0 spiro atoms. The van der Waals surface area contributed by atoms with E-state index >= 15 is 0 Å². The monoisotopic (exact) mass is 401 g/mol. The van der Waals surface area contributed by atoms with Crippen LogP contribution < -0.4 is 4.90 Å². The molecule has 0 bridgehead atoms. The van der Waals surface area contributed by atoms with E-state index in [0.29, 0.717) is 10.8 Å². The normalized spacial score (nSPS) is 10.6. The van der Waals surface area contributed by atoms with Crippen molar-refractivity contribution in [3.63, 3.8) is 0 Å². The van der Waals surface area contributed by atoms with Crippen LogP contribution in [0, 0.1) is 17.1 Å². The number of halogens is 1. The van der Waals surface area contributed by atoms with Crippen LogP contribution in [0.15, 0.2) is 46.9 Å². The second kappa shape index (κ2) is 8.79. The number of carbonyl (C=O) groups is 1. The molecule has 0 atom stereocenters. The summed E-state index contributed by atoms with van der Waals surface area (Å²) < 4.78 is 15.0. The van der Waals surface area contributed by atoms with Gasteiger partial charge in [0.05, 0.1) is 23.1 Å². The molecule has 1 amide bonds. The first-order valence-corrected chi connectivity index (χ1v) is 9.95. The van der Waals surface area contributed by atoms with Crippen molar-refractivity contribution < 1.29 is 9.18 Å². The number of anilines is 1. The van der Waals surface area contributed by atoms with Crippen LogP contribution in [0.3, 0.4) is 0 Å². The van der Waals surface area contributed by atoms with Crippen LogP contribution in [-0.2, 0) is 11.8 Å². The van der Waals surface area contributed by atoms with Gasteiger partial charge in [0.25, 0.3) is 0 Å². The lowest BCUT2D eigenvalue weighted by atomic mass is 10.2. The van der Waals surface area contributed by atoms with Gasteiger partial charge < -0.3 is 9.47 Å². The van der Waals surface area contributed by atoms with E-state index in [0.717, 1.165) is 10.7 Å². The minimum Gasteiger partial charge on any atom is -0.311 e. The number of amides is 1. The number of aromatic nitrogens is 3. The molecule has 0 unspecified atom stereocenters. The molecule has 0 aliphatic heterocycles. The Hall–Kier alpha value is -2.70. The van der Waals surface area contributed by atoms with Crippen molar-refractivity contribution in [2.24, 2.45) is 7.05 Å². The highest BCUT2D eigenvalue weighted by Gasteiger charge is 2.18. The van der Waals surface area contributed by atoms with Crippen molar-refractivity contribution in [3.05, 3.63) is 47.6 Å². The van der Waals surface area contributed by atoms with Gasteiger partial charge in [-0.05, 0) is 35.7 Å². The van der Waals surface area contributed by atoms with Crippen molar-refractivity contribution in [1.82, 2.24) is 14.8 Å². The highest BCUT2D eigenvalue weighted by molar-refractivity contribution is 7.99. The van der Waals surface area contributed by atoms with E-state index < -0.39 is 0 Å². The number of benzene rings is 1. The summed E-state index contributed by atoms with van der Waals surface area (Å²) in [6.45, 7) is 0.251. The standard InChI is InChI=1S/C18H16FN5OS2/c1-23-17(15-4-2-11-26-15)21-22-18(23)27-12-16(25)24(10-3-9-20)14-7-5-13(19)6-8-14/h2,4-8,11H,3,10,12H2,1H3. The third-order valence-corrected chi connectivity index (χ3v) is 5.66. The summed E-state index contributed by atoms with van der Waals surface area (Å²) in [6.07, 6.45) is 0.195. The molecule has 0 fully saturated rings. The largest absolute Gasteiger partial charge is 0.311 e. The Morgan fingerprint density at radius 2 is 2.11 bits per heavy atom. The zero-order chi connectivity index (χ0) is 19.2. The highest BCUT2D eigenvalue weighted by Crippen LogP contribution is 2.26. The first-order valence-electron chi connectivity index (χ1n) is 8.09. The van der Waals surface area contributed by atoms with Crippen LogP contribution in [0.2, 0.25) is 0 Å². The molecule has 0 N–H and O–H groups in total. The number of nitriles is 1. The fourth-order valence-corrected chi connectivity index (χ4v) is 3.98. The maximum atomic E-state index is 13.2. The van der Waals surface area contributed by atoms with E-state index in [1.807, 2.05) is 35.2 Å². The number of nitrogens with zero attached hydrogens (tertiary/aromatic N) is 5. The van der Waals surface area contributed by atoms with Gasteiger partial charge in [-0.15, -0.1) is 21.5 Å². The van der Waals surface area contributed by atoms with Crippen LogP contribution in [0.5, 0.6) is 0 Å². The molecule has 27 heavy (non-hydrogen) atoms. The average Bonchev–Trinajstić information content (AvgIpc) is 3.31. The molecule has 3 rings (SSSR count). The summed E-state index contributed by atoms with van der Waals surface area (Å²) in [5.74, 6) is 0.336. The average molecular weight is 401 g/mol. The predicted octanol–water partition coefficient (Wildman–Crippen LogP) is 3.72. The van der Waals surface area contributed by atoms with Crippen molar-refractivity contribution in [1.29, 1.82) is 5.26 Å². The van der Waals surface area contributed by atoms with Gasteiger partial charge in [0.1, 0.15) is 5.82 Å². The Labute approximate surface area is 164 Å². The van der Waals surface area contributed by atoms with Crippen molar-refractivity contribution in [2.75, 3.05) is 17.2 Å². The van der Waals surface area contributed by atoms with E-state index in [-0.39, 0.29) is 30.4 Å². The summed E-state index contributed by atoms with van der Waals surface area (Å²) in [6, 6.07) is 11.6. The van der Waals surface area contributed by atoms with Gasteiger partial charge in [0, 0.05) is 19.3 Å². The molecule has 0 saturated carbocycles. The van der Waals surface area contributed by atoms with E-state index in [1.54, 1.807) is 11.3 Å². The quantitative estimate of drug-likeness (QED) is 0.564. The molecular formula is C18H16FN5OS2. The molecule has 0 aliphatic rings. The SMILES string of the molecule is Cn1c(SCC(=O)N(CCC#N)c2ccc(F)cc2)nnc1-c1cccs1. The molecule has 1 aromatic carbocycles. The lowest BCUT2D eigenvalue weighted by Gasteiger charge is -2.21. The fourth-order valence-electron chi connectivity index (χ4n) is 2.45. The van der Waals surface area contributed by atoms with Gasteiger partial charge in [-0.25, -0.2) is 4.39 Å². The van der Waals surface area contributed by atoms with Gasteiger partial charge in [0.2, 0.25) is 5.91 Å². The third kappa shape index (κ3) is 4.53. The molecule has 6 nitrogen and oxygen atoms in total. The van der Waals surface area contributed by atoms with Gasteiger partial charge in [-0.1, -0.05) is 17.8 Å². The minimum atomic E-state index is -0.374. The molecule has 0 radical (unpaired) electrons. The summed E-state index contributed by atoms with van der Waals surface area (Å²) in [7, 11) is 1.86. The zero-order valence-corrected chi connectivity index (χ0v) is 16.1. The molecule has 138 valence electrons. The van der Waals surface area contributed by atoms with Crippen LogP contribution in [0.25, 0.3) is 10.7 Å². The lowest BCUT2D eigenvalue weighted by Crippen LogP contribution is -2.33. The number of thioether (sulfide) groups is 1. The summed E-state index contributed by atoms with van der Waals surface area (Å²) in [5.41, 5.74) is 0.564. The van der Waals surface area contributed by atoms with Crippen molar-refractivity contribution in [2.45, 2.75) is 11.6 Å². The van der Waals surface area contributed by atoms with Crippen LogP contribution >= 0.6 is 23.1 Å². The second-order valence-electron chi connectivity index (χ2n) is 5.56. The van der Waals surface area contributed by atoms with E-state index in [2.05, 4.69) is 10.2 Å². The Morgan fingerprint density at radius 1 is 1.33 bits per heavy atom. The van der Waals surface area contributed by atoms with Gasteiger partial charge in [-0.3, -0.25) is 4.79 Å². The maximum absolute atomic E-state index is 13.2. The van der Waals surface area contributed by atoms with Crippen LogP contribution in [0.1, 0.15) is 6.42 Å². The zero-order valence-electron chi connectivity index (χ0n) is 14.5. The first-order chi connectivity index (χ1) is 13.1. The number of carbonyl (C=O) groups excluding carboxylic acids is 1. The Balaban J connectivity index is 1.71.